The van der Waals surface area contributed by atoms with Crippen LogP contribution in [0.15, 0.2) is 0 Å². The minimum atomic E-state index is -3.59. The first-order valence-electron chi connectivity index (χ1n) is 7.66. The lowest BCUT2D eigenvalue weighted by Gasteiger charge is -2.37. The standard InChI is InChI=1S/C14H26N2O6S/c1-11(2)22-7-8-23(20,21)15-9-12(17)16-6-4-5-14(3,10-16)13(18)19/h11,15H,4-10H2,1-3H3,(H,18,19). The molecule has 1 heterocycles. The third kappa shape index (κ3) is 6.44. The molecule has 8 nitrogen and oxygen atoms in total. The quantitative estimate of drug-likeness (QED) is 0.639. The van der Waals surface area contributed by atoms with E-state index >= 15 is 0 Å². The highest BCUT2D eigenvalue weighted by molar-refractivity contribution is 7.89. The number of hydrogen-bond acceptors (Lipinski definition) is 5. The predicted molar refractivity (Wildman–Crippen MR) is 84.4 cm³/mol. The number of carbonyl (C=O) groups excluding carboxylic acids is 1. The van der Waals surface area contributed by atoms with Crippen LogP contribution in [0.1, 0.15) is 33.6 Å². The van der Waals surface area contributed by atoms with Gasteiger partial charge in [-0.2, -0.15) is 0 Å². The highest BCUT2D eigenvalue weighted by Crippen LogP contribution is 2.29. The molecular formula is C14H26N2O6S. The van der Waals surface area contributed by atoms with Crippen LogP contribution >= 0.6 is 0 Å². The summed E-state index contributed by atoms with van der Waals surface area (Å²) in [5, 5.41) is 9.23. The largest absolute Gasteiger partial charge is 0.481 e. The fourth-order valence-electron chi connectivity index (χ4n) is 2.38. The number of likely N-dealkylation sites (tertiary alicyclic amines) is 1. The number of amides is 1. The average molecular weight is 350 g/mol. The van der Waals surface area contributed by atoms with Crippen LogP contribution in [-0.4, -0.2) is 68.4 Å². The smallest absolute Gasteiger partial charge is 0.311 e. The fraction of sp³-hybridized carbons (Fsp3) is 0.857. The van der Waals surface area contributed by atoms with Crippen molar-refractivity contribution in [2.24, 2.45) is 5.41 Å². The Kier molecular flexibility index (Phi) is 6.97. The average Bonchev–Trinajstić information content (AvgIpc) is 2.44. The van der Waals surface area contributed by atoms with E-state index in [2.05, 4.69) is 4.72 Å². The second-order valence-corrected chi connectivity index (χ2v) is 8.27. The molecular weight excluding hydrogens is 324 g/mol. The Hall–Kier alpha value is -1.19. The number of ether oxygens (including phenoxy) is 1. The van der Waals surface area contributed by atoms with Gasteiger partial charge >= 0.3 is 5.97 Å². The molecule has 23 heavy (non-hydrogen) atoms. The molecule has 0 aromatic rings. The number of nitrogens with one attached hydrogen (secondary N) is 1. The van der Waals surface area contributed by atoms with Gasteiger partial charge in [0.05, 0.1) is 30.4 Å². The Labute approximate surface area is 137 Å². The van der Waals surface area contributed by atoms with E-state index in [9.17, 15) is 23.1 Å². The van der Waals surface area contributed by atoms with E-state index < -0.39 is 27.3 Å². The molecule has 0 spiro atoms. The fourth-order valence-corrected chi connectivity index (χ4v) is 3.18. The first-order chi connectivity index (χ1) is 10.6. The zero-order valence-corrected chi connectivity index (χ0v) is 14.7. The molecule has 1 unspecified atom stereocenters. The lowest BCUT2D eigenvalue weighted by atomic mass is 9.82. The zero-order chi connectivity index (χ0) is 17.7. The van der Waals surface area contributed by atoms with Gasteiger partial charge in [0.2, 0.25) is 15.9 Å². The maximum Gasteiger partial charge on any atom is 0.311 e. The molecule has 0 aliphatic carbocycles. The zero-order valence-electron chi connectivity index (χ0n) is 13.9. The van der Waals surface area contributed by atoms with Crippen molar-refractivity contribution in [1.82, 2.24) is 9.62 Å². The second-order valence-electron chi connectivity index (χ2n) is 6.34. The number of hydrogen-bond donors (Lipinski definition) is 2. The summed E-state index contributed by atoms with van der Waals surface area (Å²) >= 11 is 0. The van der Waals surface area contributed by atoms with Crippen molar-refractivity contribution in [3.05, 3.63) is 0 Å². The van der Waals surface area contributed by atoms with Crippen LogP contribution < -0.4 is 4.72 Å². The summed E-state index contributed by atoms with van der Waals surface area (Å²) < 4.78 is 31.0. The molecule has 1 atom stereocenters. The number of carboxylic acids is 1. The molecule has 1 aliphatic rings. The van der Waals surface area contributed by atoms with E-state index in [-0.39, 0.29) is 31.6 Å². The Morgan fingerprint density at radius 1 is 1.39 bits per heavy atom. The second kappa shape index (κ2) is 8.07. The molecule has 1 aliphatic heterocycles. The van der Waals surface area contributed by atoms with Crippen LogP contribution in [0.4, 0.5) is 0 Å². The van der Waals surface area contributed by atoms with Crippen molar-refractivity contribution >= 4 is 21.9 Å². The van der Waals surface area contributed by atoms with Gasteiger partial charge in [-0.05, 0) is 33.6 Å². The van der Waals surface area contributed by atoms with Gasteiger partial charge in [0.15, 0.2) is 0 Å². The SMILES string of the molecule is CC(C)OCCS(=O)(=O)NCC(=O)N1CCCC(C)(C(=O)O)C1. The van der Waals surface area contributed by atoms with E-state index in [1.165, 1.54) is 4.90 Å². The lowest BCUT2D eigenvalue weighted by Crippen LogP contribution is -2.51. The maximum absolute atomic E-state index is 12.1. The van der Waals surface area contributed by atoms with Crippen LogP contribution in [0.2, 0.25) is 0 Å². The molecule has 1 rings (SSSR count). The van der Waals surface area contributed by atoms with E-state index in [0.29, 0.717) is 19.4 Å². The summed E-state index contributed by atoms with van der Waals surface area (Å²) in [6.45, 7) is 5.45. The molecule has 1 saturated heterocycles. The third-order valence-corrected chi connectivity index (χ3v) is 5.10. The number of aliphatic carboxylic acids is 1. The lowest BCUT2D eigenvalue weighted by molar-refractivity contribution is -0.153. The molecule has 1 amide bonds. The number of sulfonamides is 1. The summed E-state index contributed by atoms with van der Waals surface area (Å²) in [6, 6.07) is 0. The summed E-state index contributed by atoms with van der Waals surface area (Å²) in [5.74, 6) is -1.57. The monoisotopic (exact) mass is 350 g/mol. The molecule has 134 valence electrons. The van der Waals surface area contributed by atoms with Crippen molar-refractivity contribution in [3.63, 3.8) is 0 Å². The van der Waals surface area contributed by atoms with E-state index in [4.69, 9.17) is 4.74 Å². The van der Waals surface area contributed by atoms with Gasteiger partial charge in [0.1, 0.15) is 0 Å². The Morgan fingerprint density at radius 3 is 2.61 bits per heavy atom. The van der Waals surface area contributed by atoms with Crippen molar-refractivity contribution in [3.8, 4) is 0 Å². The van der Waals surface area contributed by atoms with Gasteiger partial charge in [-0.15, -0.1) is 0 Å². The first kappa shape index (κ1) is 19.9. The summed E-state index contributed by atoms with van der Waals surface area (Å²) in [6.07, 6.45) is 1.03. The summed E-state index contributed by atoms with van der Waals surface area (Å²) in [7, 11) is -3.59. The maximum atomic E-state index is 12.1. The van der Waals surface area contributed by atoms with Crippen LogP contribution in [0, 0.1) is 5.41 Å². The molecule has 9 heteroatoms. The van der Waals surface area contributed by atoms with Crippen molar-refractivity contribution in [1.29, 1.82) is 0 Å². The molecule has 0 aromatic carbocycles. The molecule has 0 saturated carbocycles. The third-order valence-electron chi connectivity index (χ3n) is 3.81. The minimum absolute atomic E-state index is 0.0575. The van der Waals surface area contributed by atoms with E-state index in [1.54, 1.807) is 20.8 Å². The van der Waals surface area contributed by atoms with Gasteiger partial charge in [-0.3, -0.25) is 9.59 Å². The van der Waals surface area contributed by atoms with Crippen molar-refractivity contribution < 1.29 is 27.9 Å². The van der Waals surface area contributed by atoms with Crippen LogP contribution in [0.25, 0.3) is 0 Å². The summed E-state index contributed by atoms with van der Waals surface area (Å²) in [5.41, 5.74) is -0.974. The van der Waals surface area contributed by atoms with Gasteiger partial charge in [-0.25, -0.2) is 13.1 Å². The van der Waals surface area contributed by atoms with Gasteiger partial charge in [0.25, 0.3) is 0 Å². The van der Waals surface area contributed by atoms with Gasteiger partial charge in [-0.1, -0.05) is 0 Å². The molecule has 2 N–H and O–H groups in total. The topological polar surface area (TPSA) is 113 Å². The number of rotatable bonds is 8. The summed E-state index contributed by atoms with van der Waals surface area (Å²) in [4.78, 5) is 24.8. The highest BCUT2D eigenvalue weighted by Gasteiger charge is 2.39. The van der Waals surface area contributed by atoms with Crippen LogP contribution in [0.5, 0.6) is 0 Å². The van der Waals surface area contributed by atoms with Gasteiger partial charge in [0, 0.05) is 13.1 Å². The van der Waals surface area contributed by atoms with Crippen molar-refractivity contribution in [2.75, 3.05) is 32.0 Å². The predicted octanol–water partition coefficient (Wildman–Crippen LogP) is 0.0441. The van der Waals surface area contributed by atoms with E-state index in [1.807, 2.05) is 0 Å². The Balaban J connectivity index is 2.48. The molecule has 0 aromatic heterocycles. The minimum Gasteiger partial charge on any atom is -0.481 e. The van der Waals surface area contributed by atoms with Crippen LogP contribution in [-0.2, 0) is 24.3 Å². The number of carboxylic acid groups (broad SMARTS) is 1. The van der Waals surface area contributed by atoms with Crippen LogP contribution in [0.3, 0.4) is 0 Å². The normalized spacial score (nSPS) is 22.3. The Bertz CT molecular complexity index is 533. The number of nitrogens with zero attached hydrogens (tertiary/aromatic N) is 1. The number of piperidine rings is 1. The van der Waals surface area contributed by atoms with E-state index in [0.717, 1.165) is 0 Å². The highest BCUT2D eigenvalue weighted by atomic mass is 32.2. The number of carbonyl (C=O) groups is 2. The first-order valence-corrected chi connectivity index (χ1v) is 9.31. The van der Waals surface area contributed by atoms with Crippen molar-refractivity contribution in [2.45, 2.75) is 39.7 Å². The van der Waals surface area contributed by atoms with Gasteiger partial charge < -0.3 is 14.7 Å². The Morgan fingerprint density at radius 2 is 2.04 bits per heavy atom. The molecule has 0 radical (unpaired) electrons. The molecule has 0 bridgehead atoms. The molecule has 1 fully saturated rings.